The molecule has 0 amide bonds. The second-order valence-electron chi connectivity index (χ2n) is 4.42. The monoisotopic (exact) mass is 265 g/mol. The van der Waals surface area contributed by atoms with Gasteiger partial charge in [-0.05, 0) is 19.5 Å². The topological polar surface area (TPSA) is 12.0 Å². The van der Waals surface area contributed by atoms with Gasteiger partial charge >= 0.3 is 0 Å². The number of aryl methyl sites for hydroxylation is 1. The van der Waals surface area contributed by atoms with E-state index in [9.17, 15) is 13.2 Å². The Morgan fingerprint density at radius 3 is 1.95 bits per heavy atom. The predicted molar refractivity (Wildman–Crippen MR) is 68.4 cm³/mol. The lowest BCUT2D eigenvalue weighted by Crippen LogP contribution is -2.20. The first kappa shape index (κ1) is 13.6. The van der Waals surface area contributed by atoms with Crippen molar-refractivity contribution in [2.45, 2.75) is 13.0 Å². The van der Waals surface area contributed by atoms with Crippen molar-refractivity contribution in [1.82, 2.24) is 5.32 Å². The van der Waals surface area contributed by atoms with Crippen LogP contribution in [-0.2, 0) is 0 Å². The Labute approximate surface area is 110 Å². The quantitative estimate of drug-likeness (QED) is 0.891. The molecule has 4 heteroatoms. The minimum Gasteiger partial charge on any atom is -0.309 e. The van der Waals surface area contributed by atoms with E-state index in [0.717, 1.165) is 11.1 Å². The van der Waals surface area contributed by atoms with Gasteiger partial charge in [0.2, 0.25) is 0 Å². The van der Waals surface area contributed by atoms with E-state index < -0.39 is 23.5 Å². The van der Waals surface area contributed by atoms with Crippen molar-refractivity contribution in [2.24, 2.45) is 0 Å². The van der Waals surface area contributed by atoms with Gasteiger partial charge in [0.05, 0.1) is 6.04 Å². The molecule has 1 atom stereocenters. The molecule has 0 bridgehead atoms. The average Bonchev–Trinajstić information content (AvgIpc) is 2.35. The van der Waals surface area contributed by atoms with Gasteiger partial charge in [-0.2, -0.15) is 0 Å². The zero-order chi connectivity index (χ0) is 14.0. The van der Waals surface area contributed by atoms with E-state index in [0.29, 0.717) is 12.1 Å². The van der Waals surface area contributed by atoms with Crippen LogP contribution in [0.2, 0.25) is 0 Å². The van der Waals surface area contributed by atoms with Crippen molar-refractivity contribution in [2.75, 3.05) is 7.05 Å². The van der Waals surface area contributed by atoms with Crippen LogP contribution in [0.4, 0.5) is 13.2 Å². The van der Waals surface area contributed by atoms with Crippen LogP contribution in [-0.4, -0.2) is 7.05 Å². The summed E-state index contributed by atoms with van der Waals surface area (Å²) in [6, 6.07) is 8.03. The zero-order valence-corrected chi connectivity index (χ0v) is 10.7. The predicted octanol–water partition coefficient (Wildman–Crippen LogP) is 3.72. The number of hydrogen-bond acceptors (Lipinski definition) is 1. The summed E-state index contributed by atoms with van der Waals surface area (Å²) in [5.41, 5.74) is 1.60. The molecule has 0 saturated heterocycles. The fourth-order valence-corrected chi connectivity index (χ4v) is 2.07. The van der Waals surface area contributed by atoms with Gasteiger partial charge in [0, 0.05) is 17.7 Å². The van der Waals surface area contributed by atoms with Crippen LogP contribution >= 0.6 is 0 Å². The van der Waals surface area contributed by atoms with E-state index >= 15 is 0 Å². The third-order valence-corrected chi connectivity index (χ3v) is 3.03. The molecule has 0 aromatic heterocycles. The molecule has 0 aliphatic carbocycles. The van der Waals surface area contributed by atoms with Gasteiger partial charge in [-0.1, -0.05) is 29.8 Å². The van der Waals surface area contributed by atoms with Gasteiger partial charge in [0.25, 0.3) is 0 Å². The van der Waals surface area contributed by atoms with E-state index in [1.807, 2.05) is 19.1 Å². The Morgan fingerprint density at radius 1 is 0.947 bits per heavy atom. The molecule has 1 nitrogen and oxygen atoms in total. The molecule has 1 unspecified atom stereocenters. The summed E-state index contributed by atoms with van der Waals surface area (Å²) in [4.78, 5) is 0. The highest BCUT2D eigenvalue weighted by Gasteiger charge is 2.21. The fourth-order valence-electron chi connectivity index (χ4n) is 2.07. The molecule has 0 fully saturated rings. The molecule has 19 heavy (non-hydrogen) atoms. The third kappa shape index (κ3) is 2.79. The van der Waals surface area contributed by atoms with E-state index in [2.05, 4.69) is 5.32 Å². The van der Waals surface area contributed by atoms with E-state index in [1.54, 1.807) is 19.2 Å². The SMILES string of the molecule is CNC(c1ccc(C)cc1)c1c(F)cc(F)cc1F. The minimum absolute atomic E-state index is 0.173. The molecule has 0 aliphatic rings. The molecular formula is C15H14F3N. The minimum atomic E-state index is -0.919. The first-order valence-electron chi connectivity index (χ1n) is 5.91. The maximum atomic E-state index is 13.8. The molecule has 0 radical (unpaired) electrons. The second-order valence-corrected chi connectivity index (χ2v) is 4.42. The maximum absolute atomic E-state index is 13.8. The van der Waals surface area contributed by atoms with Crippen molar-refractivity contribution in [3.8, 4) is 0 Å². The molecule has 0 spiro atoms. The number of benzene rings is 2. The summed E-state index contributed by atoms with van der Waals surface area (Å²) in [6.07, 6.45) is 0. The van der Waals surface area contributed by atoms with Crippen molar-refractivity contribution < 1.29 is 13.2 Å². The number of halogens is 3. The van der Waals surface area contributed by atoms with Crippen molar-refractivity contribution in [3.63, 3.8) is 0 Å². The van der Waals surface area contributed by atoms with Gasteiger partial charge in [-0.15, -0.1) is 0 Å². The Hall–Kier alpha value is -1.81. The molecule has 2 aromatic rings. The van der Waals surface area contributed by atoms with Crippen LogP contribution in [0.25, 0.3) is 0 Å². The zero-order valence-electron chi connectivity index (χ0n) is 10.7. The van der Waals surface area contributed by atoms with Crippen LogP contribution in [0, 0.1) is 24.4 Å². The highest BCUT2D eigenvalue weighted by atomic mass is 19.1. The van der Waals surface area contributed by atoms with Crippen molar-refractivity contribution >= 4 is 0 Å². The summed E-state index contributed by atoms with van der Waals surface area (Å²) in [7, 11) is 1.60. The molecule has 1 N–H and O–H groups in total. The van der Waals surface area contributed by atoms with Crippen LogP contribution in [0.15, 0.2) is 36.4 Å². The molecule has 0 aliphatic heterocycles. The van der Waals surface area contributed by atoms with E-state index in [1.165, 1.54) is 0 Å². The summed E-state index contributed by atoms with van der Waals surface area (Å²) in [6.45, 7) is 1.93. The smallest absolute Gasteiger partial charge is 0.134 e. The van der Waals surface area contributed by atoms with E-state index in [4.69, 9.17) is 0 Å². The molecular weight excluding hydrogens is 251 g/mol. The van der Waals surface area contributed by atoms with Crippen LogP contribution in [0.3, 0.4) is 0 Å². The van der Waals surface area contributed by atoms with Gasteiger partial charge in [-0.3, -0.25) is 0 Å². The lowest BCUT2D eigenvalue weighted by Gasteiger charge is -2.19. The standard InChI is InChI=1S/C15H14F3N/c1-9-3-5-10(6-4-9)15(19-2)14-12(17)7-11(16)8-13(14)18/h3-8,15,19H,1-2H3. The van der Waals surface area contributed by atoms with Crippen molar-refractivity contribution in [3.05, 3.63) is 70.5 Å². The molecule has 0 heterocycles. The maximum Gasteiger partial charge on any atom is 0.134 e. The van der Waals surface area contributed by atoms with E-state index in [-0.39, 0.29) is 5.56 Å². The van der Waals surface area contributed by atoms with Crippen LogP contribution in [0.5, 0.6) is 0 Å². The van der Waals surface area contributed by atoms with Gasteiger partial charge in [-0.25, -0.2) is 13.2 Å². The highest BCUT2D eigenvalue weighted by Crippen LogP contribution is 2.27. The number of nitrogens with one attached hydrogen (secondary N) is 1. The molecule has 100 valence electrons. The Bertz CT molecular complexity index is 555. The first-order chi connectivity index (χ1) is 9.02. The van der Waals surface area contributed by atoms with Gasteiger partial charge in [0.15, 0.2) is 0 Å². The summed E-state index contributed by atoms with van der Waals surface area (Å²) in [5, 5.41) is 2.85. The molecule has 2 rings (SSSR count). The molecule has 2 aromatic carbocycles. The Kier molecular flexibility index (Phi) is 3.90. The van der Waals surface area contributed by atoms with Gasteiger partial charge < -0.3 is 5.32 Å². The lowest BCUT2D eigenvalue weighted by molar-refractivity contribution is 0.500. The summed E-state index contributed by atoms with van der Waals surface area (Å²) < 4.78 is 40.5. The largest absolute Gasteiger partial charge is 0.309 e. The Morgan fingerprint density at radius 2 is 1.47 bits per heavy atom. The third-order valence-electron chi connectivity index (χ3n) is 3.03. The van der Waals surface area contributed by atoms with Gasteiger partial charge in [0.1, 0.15) is 17.5 Å². The highest BCUT2D eigenvalue weighted by molar-refractivity contribution is 5.35. The lowest BCUT2D eigenvalue weighted by atomic mass is 9.97. The number of hydrogen-bond donors (Lipinski definition) is 1. The number of rotatable bonds is 3. The average molecular weight is 265 g/mol. The normalized spacial score (nSPS) is 12.5. The van der Waals surface area contributed by atoms with Crippen molar-refractivity contribution in [1.29, 1.82) is 0 Å². The summed E-state index contributed by atoms with van der Waals surface area (Å²) >= 11 is 0. The molecule has 0 saturated carbocycles. The summed E-state index contributed by atoms with van der Waals surface area (Å²) in [5.74, 6) is -2.70. The second kappa shape index (κ2) is 5.45. The van der Waals surface area contributed by atoms with Crippen LogP contribution < -0.4 is 5.32 Å². The van der Waals surface area contributed by atoms with Crippen LogP contribution in [0.1, 0.15) is 22.7 Å². The fraction of sp³-hybridized carbons (Fsp3) is 0.200. The Balaban J connectivity index is 2.51. The first-order valence-corrected chi connectivity index (χ1v) is 5.91.